The Hall–Kier alpha value is -2.76. The molecule has 6 heteroatoms. The Kier molecular flexibility index (Phi) is 5.24. The van der Waals surface area contributed by atoms with Crippen LogP contribution in [0.3, 0.4) is 0 Å². The molecule has 0 fully saturated rings. The number of benzene rings is 1. The van der Waals surface area contributed by atoms with Crippen molar-refractivity contribution in [3.63, 3.8) is 0 Å². The fourth-order valence-electron chi connectivity index (χ4n) is 4.15. The zero-order chi connectivity index (χ0) is 20.6. The van der Waals surface area contributed by atoms with Gasteiger partial charge in [0.1, 0.15) is 11.7 Å². The fourth-order valence-corrected chi connectivity index (χ4v) is 4.15. The third-order valence-corrected chi connectivity index (χ3v) is 5.26. The van der Waals surface area contributed by atoms with Gasteiger partial charge in [0.05, 0.1) is 7.11 Å². The van der Waals surface area contributed by atoms with E-state index in [-0.39, 0.29) is 11.2 Å². The first-order valence-corrected chi connectivity index (χ1v) is 9.30. The standard InChI is InChI=1S/C22H25NO5/c1-12-18(21(26)27-5)19(14-6-8-15(9-7-14)28-13(2)24)20-16(23-12)10-22(3,4)11-17(20)25/h6-9,18-19H,10-11H2,1-5H3/t18?,19-/m0/s1. The highest BCUT2D eigenvalue weighted by molar-refractivity contribution is 6.09. The van der Waals surface area contributed by atoms with Crippen molar-refractivity contribution in [2.75, 3.05) is 7.11 Å². The number of aliphatic imine (C=N–C) groups is 1. The summed E-state index contributed by atoms with van der Waals surface area (Å²) in [7, 11) is 1.34. The summed E-state index contributed by atoms with van der Waals surface area (Å²) in [4.78, 5) is 41.4. The number of allylic oxidation sites excluding steroid dienone is 2. The highest BCUT2D eigenvalue weighted by Gasteiger charge is 2.45. The third kappa shape index (κ3) is 3.77. The Balaban J connectivity index is 2.11. The average molecular weight is 383 g/mol. The maximum atomic E-state index is 13.1. The van der Waals surface area contributed by atoms with Gasteiger partial charge in [-0.15, -0.1) is 0 Å². The van der Waals surface area contributed by atoms with Gasteiger partial charge in [0.25, 0.3) is 0 Å². The van der Waals surface area contributed by atoms with E-state index >= 15 is 0 Å². The van der Waals surface area contributed by atoms with Crippen LogP contribution in [0.2, 0.25) is 0 Å². The van der Waals surface area contributed by atoms with Gasteiger partial charge in [0.15, 0.2) is 5.78 Å². The second kappa shape index (κ2) is 7.34. The van der Waals surface area contributed by atoms with Crippen molar-refractivity contribution in [2.45, 2.75) is 46.5 Å². The molecule has 2 atom stereocenters. The van der Waals surface area contributed by atoms with Gasteiger partial charge in [-0.25, -0.2) is 0 Å². The molecule has 0 saturated heterocycles. The van der Waals surface area contributed by atoms with E-state index in [4.69, 9.17) is 9.47 Å². The maximum absolute atomic E-state index is 13.1. The van der Waals surface area contributed by atoms with Crippen molar-refractivity contribution in [1.29, 1.82) is 0 Å². The minimum absolute atomic E-state index is 0.0189. The maximum Gasteiger partial charge on any atom is 0.315 e. The van der Waals surface area contributed by atoms with E-state index in [1.165, 1.54) is 14.0 Å². The molecule has 6 nitrogen and oxygen atoms in total. The van der Waals surface area contributed by atoms with Gasteiger partial charge in [0, 0.05) is 36.2 Å². The Labute approximate surface area is 164 Å². The lowest BCUT2D eigenvalue weighted by Gasteiger charge is -2.38. The molecule has 0 saturated carbocycles. The zero-order valence-electron chi connectivity index (χ0n) is 16.9. The van der Waals surface area contributed by atoms with Gasteiger partial charge in [-0.2, -0.15) is 0 Å². The summed E-state index contributed by atoms with van der Waals surface area (Å²) in [6.45, 7) is 7.24. The van der Waals surface area contributed by atoms with Crippen molar-refractivity contribution in [3.05, 3.63) is 41.1 Å². The van der Waals surface area contributed by atoms with Crippen molar-refractivity contribution < 1.29 is 23.9 Å². The molecule has 1 aliphatic heterocycles. The van der Waals surface area contributed by atoms with Crippen LogP contribution in [0.1, 0.15) is 52.0 Å². The molecular formula is C22H25NO5. The van der Waals surface area contributed by atoms with E-state index in [9.17, 15) is 14.4 Å². The normalized spacial score (nSPS) is 23.6. The Bertz CT molecular complexity index is 892. The number of esters is 2. The molecule has 0 radical (unpaired) electrons. The number of ketones is 1. The van der Waals surface area contributed by atoms with Crippen LogP contribution in [-0.4, -0.2) is 30.5 Å². The molecule has 1 aliphatic carbocycles. The lowest BCUT2D eigenvalue weighted by atomic mass is 9.67. The van der Waals surface area contributed by atoms with Crippen molar-refractivity contribution in [3.8, 4) is 5.75 Å². The first-order valence-electron chi connectivity index (χ1n) is 9.30. The van der Waals surface area contributed by atoms with E-state index < -0.39 is 23.8 Å². The molecule has 2 aliphatic rings. The minimum atomic E-state index is -0.659. The van der Waals surface area contributed by atoms with Gasteiger partial charge in [-0.1, -0.05) is 26.0 Å². The van der Waals surface area contributed by atoms with Gasteiger partial charge in [-0.05, 0) is 36.5 Å². The number of carbonyl (C=O) groups excluding carboxylic acids is 3. The number of Topliss-reactive ketones (excluding diaryl/α,β-unsaturated/α-hetero) is 1. The number of methoxy groups -OCH3 is 1. The fraction of sp³-hybridized carbons (Fsp3) is 0.455. The Morgan fingerprint density at radius 2 is 1.79 bits per heavy atom. The van der Waals surface area contributed by atoms with E-state index in [2.05, 4.69) is 18.8 Å². The molecule has 1 aromatic rings. The van der Waals surface area contributed by atoms with Gasteiger partial charge in [-0.3, -0.25) is 19.4 Å². The smallest absolute Gasteiger partial charge is 0.315 e. The summed E-state index contributed by atoms with van der Waals surface area (Å²) in [5, 5.41) is 0. The van der Waals surface area contributed by atoms with E-state index in [0.29, 0.717) is 29.9 Å². The molecule has 0 spiro atoms. The molecule has 0 aromatic heterocycles. The summed E-state index contributed by atoms with van der Waals surface area (Å²) < 4.78 is 10.1. The van der Waals surface area contributed by atoms with Crippen LogP contribution in [0.25, 0.3) is 0 Å². The zero-order valence-corrected chi connectivity index (χ0v) is 16.9. The molecule has 148 valence electrons. The molecule has 0 bridgehead atoms. The topological polar surface area (TPSA) is 82.0 Å². The lowest BCUT2D eigenvalue weighted by molar-refractivity contribution is -0.143. The predicted octanol–water partition coefficient (Wildman–Crippen LogP) is 3.60. The number of nitrogens with zero attached hydrogens (tertiary/aromatic N) is 1. The molecule has 1 aromatic carbocycles. The molecule has 0 N–H and O–H groups in total. The average Bonchev–Trinajstić information content (AvgIpc) is 2.59. The largest absolute Gasteiger partial charge is 0.468 e. The Morgan fingerprint density at radius 1 is 1.14 bits per heavy atom. The molecule has 1 heterocycles. The molecule has 0 amide bonds. The molecule has 28 heavy (non-hydrogen) atoms. The monoisotopic (exact) mass is 383 g/mol. The number of hydrogen-bond acceptors (Lipinski definition) is 6. The summed E-state index contributed by atoms with van der Waals surface area (Å²) in [5.74, 6) is -1.51. The summed E-state index contributed by atoms with van der Waals surface area (Å²) >= 11 is 0. The first kappa shape index (κ1) is 20.0. The lowest BCUT2D eigenvalue weighted by Crippen LogP contribution is -2.39. The molecule has 3 rings (SSSR count). The highest BCUT2D eigenvalue weighted by Crippen LogP contribution is 2.48. The van der Waals surface area contributed by atoms with Gasteiger partial charge < -0.3 is 9.47 Å². The van der Waals surface area contributed by atoms with Crippen LogP contribution in [0.4, 0.5) is 0 Å². The van der Waals surface area contributed by atoms with Gasteiger partial charge in [0.2, 0.25) is 0 Å². The SMILES string of the molecule is COC(=O)C1C(C)=NC2=C(C(=O)CC(C)(C)C2)[C@H]1c1ccc(OC(C)=O)cc1. The summed E-state index contributed by atoms with van der Waals surface area (Å²) in [6, 6.07) is 6.91. The number of carbonyl (C=O) groups is 3. The van der Waals surface area contributed by atoms with Crippen molar-refractivity contribution >= 4 is 23.4 Å². The summed E-state index contributed by atoms with van der Waals surface area (Å²) in [6.07, 6.45) is 1.09. The second-order valence-electron chi connectivity index (χ2n) is 8.20. The van der Waals surface area contributed by atoms with Gasteiger partial charge >= 0.3 is 11.9 Å². The first-order chi connectivity index (χ1) is 13.1. The second-order valence-corrected chi connectivity index (χ2v) is 8.20. The molecular weight excluding hydrogens is 358 g/mol. The third-order valence-electron chi connectivity index (χ3n) is 5.26. The van der Waals surface area contributed by atoms with Crippen LogP contribution in [0.5, 0.6) is 5.75 Å². The van der Waals surface area contributed by atoms with E-state index in [1.54, 1.807) is 31.2 Å². The van der Waals surface area contributed by atoms with Crippen molar-refractivity contribution in [1.82, 2.24) is 0 Å². The number of ether oxygens (including phenoxy) is 2. The predicted molar refractivity (Wildman–Crippen MR) is 104 cm³/mol. The number of rotatable bonds is 3. The number of hydrogen-bond donors (Lipinski definition) is 0. The van der Waals surface area contributed by atoms with Crippen LogP contribution in [-0.2, 0) is 19.1 Å². The van der Waals surface area contributed by atoms with Crippen LogP contribution < -0.4 is 4.74 Å². The minimum Gasteiger partial charge on any atom is -0.468 e. The van der Waals surface area contributed by atoms with Crippen LogP contribution >= 0.6 is 0 Å². The Morgan fingerprint density at radius 3 is 2.36 bits per heavy atom. The van der Waals surface area contributed by atoms with E-state index in [0.717, 1.165) is 11.3 Å². The van der Waals surface area contributed by atoms with Crippen LogP contribution in [0.15, 0.2) is 40.5 Å². The quantitative estimate of drug-likeness (QED) is 0.588. The van der Waals surface area contributed by atoms with Crippen LogP contribution in [0, 0.1) is 11.3 Å². The van der Waals surface area contributed by atoms with E-state index in [1.807, 2.05) is 0 Å². The van der Waals surface area contributed by atoms with Crippen molar-refractivity contribution in [2.24, 2.45) is 16.3 Å². The summed E-state index contributed by atoms with van der Waals surface area (Å²) in [5.41, 5.74) is 2.63. The highest BCUT2D eigenvalue weighted by atomic mass is 16.5. The molecule has 1 unspecified atom stereocenters.